The maximum Gasteiger partial charge on any atom is 0.307 e. The summed E-state index contributed by atoms with van der Waals surface area (Å²) in [5, 5.41) is 8.69. The Morgan fingerprint density at radius 3 is 2.44 bits per heavy atom. The van der Waals surface area contributed by atoms with Gasteiger partial charge >= 0.3 is 5.97 Å². The minimum atomic E-state index is -0.991. The first-order valence-electron chi connectivity index (χ1n) is 4.99. The van der Waals surface area contributed by atoms with Gasteiger partial charge in [-0.15, -0.1) is 0 Å². The first kappa shape index (κ1) is 12.2. The highest BCUT2D eigenvalue weighted by Crippen LogP contribution is 2.14. The van der Waals surface area contributed by atoms with Crippen LogP contribution in [0.3, 0.4) is 0 Å². The molecule has 0 fully saturated rings. The summed E-state index contributed by atoms with van der Waals surface area (Å²) in [6.45, 7) is 3.30. The fraction of sp³-hybridized carbons (Fsp3) is 0.231. The van der Waals surface area contributed by atoms with Crippen LogP contribution in [0.2, 0.25) is 0 Å². The van der Waals surface area contributed by atoms with Crippen molar-refractivity contribution in [3.63, 3.8) is 0 Å². The topological polar surface area (TPSA) is 54.4 Å². The number of hydrogen-bond acceptors (Lipinski definition) is 2. The van der Waals surface area contributed by atoms with E-state index in [0.717, 1.165) is 11.1 Å². The van der Waals surface area contributed by atoms with Gasteiger partial charge in [0.2, 0.25) is 0 Å². The second-order valence-corrected chi connectivity index (χ2v) is 3.65. The highest BCUT2D eigenvalue weighted by atomic mass is 16.4. The molecule has 0 aliphatic heterocycles. The molecule has 3 nitrogen and oxygen atoms in total. The van der Waals surface area contributed by atoms with Crippen LogP contribution in [0.1, 0.15) is 24.5 Å². The third kappa shape index (κ3) is 3.35. The minimum absolute atomic E-state index is 0.203. The lowest BCUT2D eigenvalue weighted by atomic mass is 10.0. The Hall–Kier alpha value is -1.90. The molecule has 0 aromatic heterocycles. The molecule has 1 N–H and O–H groups in total. The van der Waals surface area contributed by atoms with Gasteiger partial charge in [-0.25, -0.2) is 0 Å². The molecule has 0 bridgehead atoms. The Kier molecular flexibility index (Phi) is 4.00. The molecule has 0 saturated carbocycles. The number of rotatable bonds is 4. The lowest BCUT2D eigenvalue weighted by Gasteiger charge is -2.03. The quantitative estimate of drug-likeness (QED) is 0.790. The van der Waals surface area contributed by atoms with Crippen LogP contribution in [0.25, 0.3) is 6.08 Å². The van der Waals surface area contributed by atoms with Crippen molar-refractivity contribution in [2.75, 3.05) is 0 Å². The van der Waals surface area contributed by atoms with Crippen molar-refractivity contribution < 1.29 is 14.7 Å². The fourth-order valence-corrected chi connectivity index (χ4v) is 1.38. The first-order valence-corrected chi connectivity index (χ1v) is 4.99. The van der Waals surface area contributed by atoms with Crippen molar-refractivity contribution >= 4 is 17.8 Å². The van der Waals surface area contributed by atoms with Crippen LogP contribution in [0.5, 0.6) is 0 Å². The number of carbonyl (C=O) groups excluding carboxylic acids is 1. The number of carboxylic acid groups (broad SMARTS) is 1. The van der Waals surface area contributed by atoms with Crippen LogP contribution in [-0.4, -0.2) is 16.9 Å². The molecule has 0 heterocycles. The summed E-state index contributed by atoms with van der Waals surface area (Å²) < 4.78 is 0. The van der Waals surface area contributed by atoms with Crippen molar-refractivity contribution in [2.45, 2.75) is 20.3 Å². The fourth-order valence-electron chi connectivity index (χ4n) is 1.38. The van der Waals surface area contributed by atoms with Gasteiger partial charge in [-0.05, 0) is 31.1 Å². The molecular weight excluding hydrogens is 204 g/mol. The van der Waals surface area contributed by atoms with Crippen LogP contribution >= 0.6 is 0 Å². The van der Waals surface area contributed by atoms with Gasteiger partial charge in [0.1, 0.15) is 0 Å². The maximum absolute atomic E-state index is 11.3. The highest BCUT2D eigenvalue weighted by Gasteiger charge is 2.09. The number of hydrogen-bond donors (Lipinski definition) is 1. The lowest BCUT2D eigenvalue weighted by molar-refractivity contribution is -0.136. The molecule has 1 aromatic rings. The van der Waals surface area contributed by atoms with Crippen LogP contribution in [0.4, 0.5) is 0 Å². The Morgan fingerprint density at radius 2 is 1.94 bits per heavy atom. The summed E-state index contributed by atoms with van der Waals surface area (Å²) in [6.07, 6.45) is 1.41. The van der Waals surface area contributed by atoms with E-state index in [2.05, 4.69) is 0 Å². The lowest BCUT2D eigenvalue weighted by Crippen LogP contribution is -2.04. The van der Waals surface area contributed by atoms with E-state index < -0.39 is 5.97 Å². The van der Waals surface area contributed by atoms with Gasteiger partial charge < -0.3 is 5.11 Å². The van der Waals surface area contributed by atoms with Crippen LogP contribution in [-0.2, 0) is 9.59 Å². The van der Waals surface area contributed by atoms with E-state index in [1.54, 1.807) is 6.08 Å². The molecule has 1 rings (SSSR count). The number of carbonyl (C=O) groups is 2. The van der Waals surface area contributed by atoms with E-state index in [-0.39, 0.29) is 12.2 Å². The van der Waals surface area contributed by atoms with E-state index in [9.17, 15) is 9.59 Å². The summed E-state index contributed by atoms with van der Waals surface area (Å²) in [6, 6.07) is 7.54. The molecule has 0 aliphatic carbocycles. The highest BCUT2D eigenvalue weighted by molar-refractivity contribution is 6.01. The SMILES string of the molecule is CC(=O)/C(=C/c1ccccc1C)CC(=O)O. The van der Waals surface area contributed by atoms with E-state index in [1.165, 1.54) is 6.92 Å². The largest absolute Gasteiger partial charge is 0.481 e. The van der Waals surface area contributed by atoms with Gasteiger partial charge in [0.15, 0.2) is 5.78 Å². The number of carboxylic acids is 1. The summed E-state index contributed by atoms with van der Waals surface area (Å²) in [4.78, 5) is 21.9. The number of aryl methyl sites for hydroxylation is 1. The van der Waals surface area contributed by atoms with Gasteiger partial charge in [0.05, 0.1) is 6.42 Å². The summed E-state index contributed by atoms with van der Waals surface area (Å²) in [5.74, 6) is -1.19. The van der Waals surface area contributed by atoms with Crippen LogP contribution < -0.4 is 0 Å². The van der Waals surface area contributed by atoms with Crippen molar-refractivity contribution in [1.29, 1.82) is 0 Å². The van der Waals surface area contributed by atoms with Crippen LogP contribution in [0.15, 0.2) is 29.8 Å². The zero-order valence-corrected chi connectivity index (χ0v) is 9.36. The van der Waals surface area contributed by atoms with Gasteiger partial charge in [-0.1, -0.05) is 24.3 Å². The second-order valence-electron chi connectivity index (χ2n) is 3.65. The van der Waals surface area contributed by atoms with Gasteiger partial charge in [-0.3, -0.25) is 9.59 Å². The molecule has 0 radical (unpaired) electrons. The number of aliphatic carboxylic acids is 1. The van der Waals surface area contributed by atoms with Crippen molar-refractivity contribution in [3.8, 4) is 0 Å². The summed E-state index contributed by atoms with van der Waals surface area (Å²) in [5.41, 5.74) is 2.22. The van der Waals surface area contributed by atoms with E-state index in [0.29, 0.717) is 5.57 Å². The maximum atomic E-state index is 11.3. The predicted octanol–water partition coefficient (Wildman–Crippen LogP) is 2.44. The summed E-state index contributed by atoms with van der Waals surface area (Å²) in [7, 11) is 0. The third-order valence-electron chi connectivity index (χ3n) is 2.31. The van der Waals surface area contributed by atoms with Gasteiger partial charge in [0.25, 0.3) is 0 Å². The smallest absolute Gasteiger partial charge is 0.307 e. The molecule has 1 aromatic carbocycles. The van der Waals surface area contributed by atoms with E-state index in [4.69, 9.17) is 5.11 Å². The monoisotopic (exact) mass is 218 g/mol. The molecule has 0 saturated heterocycles. The molecular formula is C13H14O3. The average molecular weight is 218 g/mol. The third-order valence-corrected chi connectivity index (χ3v) is 2.31. The van der Waals surface area contributed by atoms with Crippen LogP contribution in [0, 0.1) is 6.92 Å². The number of Topliss-reactive ketones (excluding diaryl/α,β-unsaturated/α-hetero) is 1. The normalized spacial score (nSPS) is 11.2. The molecule has 16 heavy (non-hydrogen) atoms. The van der Waals surface area contributed by atoms with E-state index in [1.807, 2.05) is 31.2 Å². The first-order chi connectivity index (χ1) is 7.50. The van der Waals surface area contributed by atoms with Gasteiger partial charge in [-0.2, -0.15) is 0 Å². The zero-order valence-electron chi connectivity index (χ0n) is 9.36. The molecule has 0 unspecified atom stereocenters. The molecule has 3 heteroatoms. The predicted molar refractivity (Wildman–Crippen MR) is 62.1 cm³/mol. The Morgan fingerprint density at radius 1 is 1.31 bits per heavy atom. The Labute approximate surface area is 94.4 Å². The van der Waals surface area contributed by atoms with Gasteiger partial charge in [0, 0.05) is 5.57 Å². The van der Waals surface area contributed by atoms with Crippen molar-refractivity contribution in [1.82, 2.24) is 0 Å². The summed E-state index contributed by atoms with van der Waals surface area (Å²) >= 11 is 0. The number of ketones is 1. The molecule has 84 valence electrons. The van der Waals surface area contributed by atoms with E-state index >= 15 is 0 Å². The molecule has 0 aliphatic rings. The zero-order chi connectivity index (χ0) is 12.1. The second kappa shape index (κ2) is 5.26. The Bertz CT molecular complexity index is 444. The standard InChI is InChI=1S/C13H14O3/c1-9-5-3-4-6-11(9)7-12(10(2)14)8-13(15)16/h3-7H,8H2,1-2H3,(H,15,16)/b12-7+. The minimum Gasteiger partial charge on any atom is -0.481 e. The number of benzene rings is 1. The molecule has 0 spiro atoms. The molecule has 0 amide bonds. The molecule has 0 atom stereocenters. The average Bonchev–Trinajstić information content (AvgIpc) is 2.19. The van der Waals surface area contributed by atoms with Crippen molar-refractivity contribution in [2.24, 2.45) is 0 Å². The Balaban J connectivity index is 3.07. The van der Waals surface area contributed by atoms with Crippen molar-refractivity contribution in [3.05, 3.63) is 41.0 Å².